The maximum Gasteiger partial charge on any atom is 0.160 e. The van der Waals surface area contributed by atoms with Gasteiger partial charge in [0, 0.05) is 11.1 Å². The quantitative estimate of drug-likeness (QED) is 0.523. The first-order chi connectivity index (χ1) is 6.20. The highest BCUT2D eigenvalue weighted by Gasteiger charge is 2.08. The molecule has 13 heavy (non-hydrogen) atoms. The summed E-state index contributed by atoms with van der Waals surface area (Å²) < 4.78 is 0. The fraction of sp³-hybridized carbons (Fsp3) is 0.273. The van der Waals surface area contributed by atoms with Crippen molar-refractivity contribution in [1.82, 2.24) is 0 Å². The number of aldehydes is 1. The minimum atomic E-state index is -0.0580. The zero-order valence-corrected chi connectivity index (χ0v) is 7.83. The molecule has 0 N–H and O–H groups in total. The average Bonchev–Trinajstić information content (AvgIpc) is 2.16. The van der Waals surface area contributed by atoms with Crippen molar-refractivity contribution in [2.24, 2.45) is 0 Å². The molecule has 68 valence electrons. The van der Waals surface area contributed by atoms with Crippen LogP contribution in [-0.4, -0.2) is 12.1 Å². The third-order valence-corrected chi connectivity index (χ3v) is 2.07. The van der Waals surface area contributed by atoms with Crippen LogP contribution >= 0.6 is 0 Å². The van der Waals surface area contributed by atoms with Gasteiger partial charge in [0.05, 0.1) is 0 Å². The Kier molecular flexibility index (Phi) is 2.96. The fourth-order valence-electron chi connectivity index (χ4n) is 1.37. The Hall–Kier alpha value is -1.44. The van der Waals surface area contributed by atoms with Crippen LogP contribution in [0.2, 0.25) is 0 Å². The van der Waals surface area contributed by atoms with E-state index in [0.29, 0.717) is 11.1 Å². The summed E-state index contributed by atoms with van der Waals surface area (Å²) in [5, 5.41) is 0. The van der Waals surface area contributed by atoms with Crippen molar-refractivity contribution in [1.29, 1.82) is 0 Å². The SMILES string of the molecule is CCc1cccc(C(C)=O)c1C=O. The Morgan fingerprint density at radius 2 is 2.15 bits per heavy atom. The largest absolute Gasteiger partial charge is 0.298 e. The summed E-state index contributed by atoms with van der Waals surface area (Å²) >= 11 is 0. The van der Waals surface area contributed by atoms with E-state index in [-0.39, 0.29) is 5.78 Å². The molecule has 0 aliphatic heterocycles. The van der Waals surface area contributed by atoms with Gasteiger partial charge in [-0.2, -0.15) is 0 Å². The summed E-state index contributed by atoms with van der Waals surface area (Å²) in [4.78, 5) is 21.9. The van der Waals surface area contributed by atoms with Crippen LogP contribution in [0.15, 0.2) is 18.2 Å². The number of carbonyl (C=O) groups is 2. The van der Waals surface area contributed by atoms with Crippen LogP contribution in [-0.2, 0) is 6.42 Å². The number of hydrogen-bond donors (Lipinski definition) is 0. The third kappa shape index (κ3) is 1.83. The van der Waals surface area contributed by atoms with Crippen molar-refractivity contribution in [3.63, 3.8) is 0 Å². The molecule has 1 rings (SSSR count). The number of rotatable bonds is 3. The van der Waals surface area contributed by atoms with Crippen LogP contribution in [0.4, 0.5) is 0 Å². The maximum atomic E-state index is 11.1. The second-order valence-electron chi connectivity index (χ2n) is 2.91. The Labute approximate surface area is 77.6 Å². The summed E-state index contributed by atoms with van der Waals surface area (Å²) in [5.74, 6) is -0.0580. The van der Waals surface area contributed by atoms with Gasteiger partial charge < -0.3 is 0 Å². The highest BCUT2D eigenvalue weighted by atomic mass is 16.1. The Morgan fingerprint density at radius 3 is 2.62 bits per heavy atom. The van der Waals surface area contributed by atoms with Crippen LogP contribution in [0.1, 0.15) is 40.1 Å². The summed E-state index contributed by atoms with van der Waals surface area (Å²) in [7, 11) is 0. The molecule has 1 aromatic rings. The van der Waals surface area contributed by atoms with Crippen LogP contribution in [0.25, 0.3) is 0 Å². The molecule has 0 saturated carbocycles. The van der Waals surface area contributed by atoms with Crippen molar-refractivity contribution in [3.8, 4) is 0 Å². The van der Waals surface area contributed by atoms with E-state index in [4.69, 9.17) is 0 Å². The molecule has 0 atom stereocenters. The summed E-state index contributed by atoms with van der Waals surface area (Å²) in [6.45, 7) is 3.44. The maximum absolute atomic E-state index is 11.1. The molecule has 0 heterocycles. The summed E-state index contributed by atoms with van der Waals surface area (Å²) in [6.07, 6.45) is 1.53. The van der Waals surface area contributed by atoms with E-state index in [1.165, 1.54) is 6.92 Å². The molecule has 0 aliphatic rings. The predicted molar refractivity (Wildman–Crippen MR) is 51.2 cm³/mol. The first-order valence-corrected chi connectivity index (χ1v) is 4.28. The van der Waals surface area contributed by atoms with Crippen molar-refractivity contribution in [2.45, 2.75) is 20.3 Å². The summed E-state index contributed by atoms with van der Waals surface area (Å²) in [5.41, 5.74) is 1.99. The normalized spacial score (nSPS) is 9.69. The van der Waals surface area contributed by atoms with E-state index in [0.717, 1.165) is 18.3 Å². The lowest BCUT2D eigenvalue weighted by molar-refractivity contribution is 0.100. The van der Waals surface area contributed by atoms with Crippen LogP contribution in [0.5, 0.6) is 0 Å². The molecule has 2 heteroatoms. The lowest BCUT2D eigenvalue weighted by atomic mass is 9.98. The predicted octanol–water partition coefficient (Wildman–Crippen LogP) is 2.26. The van der Waals surface area contributed by atoms with Gasteiger partial charge in [0.2, 0.25) is 0 Å². The molecule has 0 bridgehead atoms. The molecule has 1 aromatic carbocycles. The highest BCUT2D eigenvalue weighted by Crippen LogP contribution is 2.13. The fourth-order valence-corrected chi connectivity index (χ4v) is 1.37. The van der Waals surface area contributed by atoms with Gasteiger partial charge in [0.15, 0.2) is 12.1 Å². The standard InChI is InChI=1S/C11H12O2/c1-3-9-5-4-6-10(8(2)13)11(9)7-12/h4-7H,3H2,1-2H3. The van der Waals surface area contributed by atoms with Crippen molar-refractivity contribution < 1.29 is 9.59 Å². The molecule has 0 radical (unpaired) electrons. The molecule has 2 nitrogen and oxygen atoms in total. The van der Waals surface area contributed by atoms with Gasteiger partial charge in [-0.15, -0.1) is 0 Å². The number of ketones is 1. The van der Waals surface area contributed by atoms with Crippen molar-refractivity contribution in [2.75, 3.05) is 0 Å². The molecule has 0 fully saturated rings. The Morgan fingerprint density at radius 1 is 1.46 bits per heavy atom. The van der Waals surface area contributed by atoms with Gasteiger partial charge in [-0.3, -0.25) is 9.59 Å². The molecule has 0 aliphatic carbocycles. The molecule has 0 saturated heterocycles. The van der Waals surface area contributed by atoms with Crippen LogP contribution in [0, 0.1) is 0 Å². The van der Waals surface area contributed by atoms with Gasteiger partial charge in [0.25, 0.3) is 0 Å². The monoisotopic (exact) mass is 176 g/mol. The lowest BCUT2D eigenvalue weighted by Gasteiger charge is -2.05. The number of benzene rings is 1. The average molecular weight is 176 g/mol. The number of carbonyl (C=O) groups excluding carboxylic acids is 2. The smallest absolute Gasteiger partial charge is 0.160 e. The van der Waals surface area contributed by atoms with E-state index in [1.54, 1.807) is 6.07 Å². The van der Waals surface area contributed by atoms with Crippen LogP contribution < -0.4 is 0 Å². The number of Topliss-reactive ketones (excluding diaryl/α,β-unsaturated/α-hetero) is 1. The second kappa shape index (κ2) is 3.99. The number of hydrogen-bond acceptors (Lipinski definition) is 2. The molecular weight excluding hydrogens is 164 g/mol. The van der Waals surface area contributed by atoms with E-state index in [1.807, 2.05) is 19.1 Å². The second-order valence-corrected chi connectivity index (χ2v) is 2.91. The lowest BCUT2D eigenvalue weighted by Crippen LogP contribution is -2.02. The van der Waals surface area contributed by atoms with Gasteiger partial charge >= 0.3 is 0 Å². The molecule has 0 unspecified atom stereocenters. The minimum Gasteiger partial charge on any atom is -0.298 e. The third-order valence-electron chi connectivity index (χ3n) is 2.07. The van der Waals surface area contributed by atoms with Gasteiger partial charge in [-0.05, 0) is 18.9 Å². The van der Waals surface area contributed by atoms with Crippen molar-refractivity contribution in [3.05, 3.63) is 34.9 Å². The first kappa shape index (κ1) is 9.65. The van der Waals surface area contributed by atoms with E-state index >= 15 is 0 Å². The molecule has 0 amide bonds. The highest BCUT2D eigenvalue weighted by molar-refractivity contribution is 6.02. The van der Waals surface area contributed by atoms with E-state index < -0.39 is 0 Å². The van der Waals surface area contributed by atoms with Gasteiger partial charge in [-0.1, -0.05) is 25.1 Å². The molecule has 0 aromatic heterocycles. The van der Waals surface area contributed by atoms with Gasteiger partial charge in [0.1, 0.15) is 0 Å². The van der Waals surface area contributed by atoms with Crippen molar-refractivity contribution >= 4 is 12.1 Å². The minimum absolute atomic E-state index is 0.0580. The Bertz CT molecular complexity index is 340. The topological polar surface area (TPSA) is 34.1 Å². The van der Waals surface area contributed by atoms with Crippen LogP contribution in [0.3, 0.4) is 0 Å². The Balaban J connectivity index is 3.35. The molecular formula is C11H12O2. The molecule has 0 spiro atoms. The van der Waals surface area contributed by atoms with E-state index in [2.05, 4.69) is 0 Å². The van der Waals surface area contributed by atoms with Gasteiger partial charge in [-0.25, -0.2) is 0 Å². The van der Waals surface area contributed by atoms with E-state index in [9.17, 15) is 9.59 Å². The zero-order valence-electron chi connectivity index (χ0n) is 7.83. The number of aryl methyl sites for hydroxylation is 1. The zero-order chi connectivity index (χ0) is 9.84. The first-order valence-electron chi connectivity index (χ1n) is 4.28. The summed E-state index contributed by atoms with van der Waals surface area (Å²) in [6, 6.07) is 5.37.